The number of methoxy groups -OCH3 is 3. The van der Waals surface area contributed by atoms with E-state index >= 15 is 0 Å². The maximum absolute atomic E-state index is 13.4. The Hall–Kier alpha value is -3.45. The van der Waals surface area contributed by atoms with Crippen molar-refractivity contribution < 1.29 is 23.4 Å². The molecule has 2 aromatic carbocycles. The van der Waals surface area contributed by atoms with Crippen LogP contribution < -0.4 is 19.1 Å². The summed E-state index contributed by atoms with van der Waals surface area (Å²) < 4.78 is 21.9. The Morgan fingerprint density at radius 2 is 1.79 bits per heavy atom. The standard InChI is InChI=1S/C26H30N2O5/c1-30-22-9-5-8-21(17-22)28(26(29)24-11-6-16-33-24)20-12-14-27(15-13-20)18-19-7-4-10-23(31-2)25(19)32-3/h4-11,16-17,20H,12-15,18H2,1-3H3. The highest BCUT2D eigenvalue weighted by Crippen LogP contribution is 2.33. The number of hydrogen-bond donors (Lipinski definition) is 0. The van der Waals surface area contributed by atoms with Crippen LogP contribution in [0.1, 0.15) is 29.0 Å². The van der Waals surface area contributed by atoms with Gasteiger partial charge >= 0.3 is 0 Å². The van der Waals surface area contributed by atoms with Crippen molar-refractivity contribution in [3.05, 3.63) is 72.2 Å². The van der Waals surface area contributed by atoms with Crippen molar-refractivity contribution in [3.63, 3.8) is 0 Å². The minimum atomic E-state index is -0.138. The zero-order chi connectivity index (χ0) is 23.2. The number of para-hydroxylation sites is 1. The number of anilines is 1. The van der Waals surface area contributed by atoms with Crippen LogP contribution in [0, 0.1) is 0 Å². The van der Waals surface area contributed by atoms with E-state index < -0.39 is 0 Å². The number of carbonyl (C=O) groups is 1. The summed E-state index contributed by atoms with van der Waals surface area (Å²) in [6.07, 6.45) is 3.22. The molecule has 3 aromatic rings. The van der Waals surface area contributed by atoms with Crippen LogP contribution in [0.3, 0.4) is 0 Å². The lowest BCUT2D eigenvalue weighted by atomic mass is 10.0. The van der Waals surface area contributed by atoms with Gasteiger partial charge in [-0.05, 0) is 43.2 Å². The molecule has 7 heteroatoms. The molecule has 174 valence electrons. The van der Waals surface area contributed by atoms with E-state index in [0.717, 1.165) is 55.2 Å². The predicted octanol–water partition coefficient (Wildman–Crippen LogP) is 4.62. The SMILES string of the molecule is COc1cccc(N(C(=O)c2ccco2)C2CCN(Cc3cccc(OC)c3OC)CC2)c1. The van der Waals surface area contributed by atoms with E-state index in [1.165, 1.54) is 6.26 Å². The molecule has 0 N–H and O–H groups in total. The molecule has 1 aliphatic rings. The number of nitrogens with zero attached hydrogens (tertiary/aromatic N) is 2. The third-order valence-electron chi connectivity index (χ3n) is 6.08. The topological polar surface area (TPSA) is 64.4 Å². The molecular weight excluding hydrogens is 420 g/mol. The quantitative estimate of drug-likeness (QED) is 0.499. The van der Waals surface area contributed by atoms with Crippen LogP contribution in [0.4, 0.5) is 5.69 Å². The molecule has 7 nitrogen and oxygen atoms in total. The van der Waals surface area contributed by atoms with Crippen LogP contribution >= 0.6 is 0 Å². The number of carbonyl (C=O) groups excluding carboxylic acids is 1. The van der Waals surface area contributed by atoms with Gasteiger partial charge in [0.15, 0.2) is 17.3 Å². The maximum Gasteiger partial charge on any atom is 0.294 e. The number of ether oxygens (including phenoxy) is 3. The molecule has 4 rings (SSSR count). The molecule has 1 saturated heterocycles. The molecule has 0 radical (unpaired) electrons. The number of furan rings is 1. The summed E-state index contributed by atoms with van der Waals surface area (Å²) in [7, 11) is 4.94. The van der Waals surface area contributed by atoms with Crippen LogP contribution in [0.2, 0.25) is 0 Å². The van der Waals surface area contributed by atoms with Gasteiger partial charge in [0.05, 0.1) is 27.6 Å². The Morgan fingerprint density at radius 3 is 2.45 bits per heavy atom. The highest BCUT2D eigenvalue weighted by molar-refractivity contribution is 6.04. The molecule has 0 unspecified atom stereocenters. The van der Waals surface area contributed by atoms with Gasteiger partial charge in [-0.2, -0.15) is 0 Å². The number of likely N-dealkylation sites (tertiary alicyclic amines) is 1. The Balaban J connectivity index is 1.51. The first-order valence-electron chi connectivity index (χ1n) is 11.1. The maximum atomic E-state index is 13.4. The van der Waals surface area contributed by atoms with Crippen LogP contribution in [0.25, 0.3) is 0 Å². The van der Waals surface area contributed by atoms with Crippen molar-refractivity contribution in [2.24, 2.45) is 0 Å². The van der Waals surface area contributed by atoms with Crippen molar-refractivity contribution in [2.45, 2.75) is 25.4 Å². The fraction of sp³-hybridized carbons (Fsp3) is 0.346. The summed E-state index contributed by atoms with van der Waals surface area (Å²) in [4.78, 5) is 17.6. The second-order valence-electron chi connectivity index (χ2n) is 8.01. The summed E-state index contributed by atoms with van der Waals surface area (Å²) in [5.41, 5.74) is 1.90. The van der Waals surface area contributed by atoms with Crippen LogP contribution in [-0.2, 0) is 6.54 Å². The van der Waals surface area contributed by atoms with Crippen LogP contribution in [-0.4, -0.2) is 51.3 Å². The van der Waals surface area contributed by atoms with E-state index in [-0.39, 0.29) is 11.9 Å². The van der Waals surface area contributed by atoms with Gasteiger partial charge in [0.1, 0.15) is 5.75 Å². The van der Waals surface area contributed by atoms with E-state index in [9.17, 15) is 4.79 Å². The lowest BCUT2D eigenvalue weighted by molar-refractivity contribution is 0.0931. The molecule has 0 aliphatic carbocycles. The number of benzene rings is 2. The molecule has 0 bridgehead atoms. The third kappa shape index (κ3) is 4.98. The first kappa shape index (κ1) is 22.7. The van der Waals surface area contributed by atoms with Gasteiger partial charge in [0, 0.05) is 43.0 Å². The van der Waals surface area contributed by atoms with E-state index in [0.29, 0.717) is 11.5 Å². The summed E-state index contributed by atoms with van der Waals surface area (Å²) >= 11 is 0. The Labute approximate surface area is 194 Å². The Morgan fingerprint density at radius 1 is 1.00 bits per heavy atom. The van der Waals surface area contributed by atoms with Crippen molar-refractivity contribution in [1.82, 2.24) is 4.90 Å². The fourth-order valence-corrected chi connectivity index (χ4v) is 4.43. The van der Waals surface area contributed by atoms with Crippen LogP contribution in [0.5, 0.6) is 17.2 Å². The average molecular weight is 451 g/mol. The van der Waals surface area contributed by atoms with Crippen molar-refractivity contribution in [3.8, 4) is 17.2 Å². The molecule has 1 aliphatic heterocycles. The van der Waals surface area contributed by atoms with Crippen molar-refractivity contribution in [2.75, 3.05) is 39.3 Å². The molecule has 2 heterocycles. The van der Waals surface area contributed by atoms with Crippen molar-refractivity contribution in [1.29, 1.82) is 0 Å². The monoisotopic (exact) mass is 450 g/mol. The summed E-state index contributed by atoms with van der Waals surface area (Å²) in [6.45, 7) is 2.48. The van der Waals surface area contributed by atoms with Gasteiger partial charge in [-0.1, -0.05) is 18.2 Å². The average Bonchev–Trinajstić information content (AvgIpc) is 3.40. The molecule has 1 fully saturated rings. The minimum absolute atomic E-state index is 0.0539. The first-order chi connectivity index (χ1) is 16.1. The second kappa shape index (κ2) is 10.4. The Bertz CT molecular complexity index is 1060. The molecule has 1 amide bonds. The van der Waals surface area contributed by atoms with Gasteiger partial charge in [-0.25, -0.2) is 0 Å². The van der Waals surface area contributed by atoms with Gasteiger partial charge < -0.3 is 23.5 Å². The number of amides is 1. The zero-order valence-corrected chi connectivity index (χ0v) is 19.3. The number of rotatable bonds is 8. The summed E-state index contributed by atoms with van der Waals surface area (Å²) in [6, 6.07) is 17.1. The van der Waals surface area contributed by atoms with Gasteiger partial charge in [-0.3, -0.25) is 9.69 Å². The van der Waals surface area contributed by atoms with E-state index in [1.807, 2.05) is 41.3 Å². The normalized spacial score (nSPS) is 14.6. The minimum Gasteiger partial charge on any atom is -0.497 e. The van der Waals surface area contributed by atoms with Gasteiger partial charge in [0.2, 0.25) is 0 Å². The molecule has 0 saturated carbocycles. The summed E-state index contributed by atoms with van der Waals surface area (Å²) in [5, 5.41) is 0. The van der Waals surface area contributed by atoms with Crippen molar-refractivity contribution >= 4 is 11.6 Å². The Kier molecular flexibility index (Phi) is 7.19. The van der Waals surface area contributed by atoms with Gasteiger partial charge in [-0.15, -0.1) is 0 Å². The van der Waals surface area contributed by atoms with Crippen LogP contribution in [0.15, 0.2) is 65.3 Å². The second-order valence-corrected chi connectivity index (χ2v) is 8.01. The zero-order valence-electron chi connectivity index (χ0n) is 19.3. The van der Waals surface area contributed by atoms with Gasteiger partial charge in [0.25, 0.3) is 5.91 Å². The lowest BCUT2D eigenvalue weighted by Crippen LogP contribution is -2.47. The molecular formula is C26H30N2O5. The molecule has 0 spiro atoms. The molecule has 33 heavy (non-hydrogen) atoms. The summed E-state index contributed by atoms with van der Waals surface area (Å²) in [5.74, 6) is 2.42. The molecule has 0 atom stereocenters. The number of hydrogen-bond acceptors (Lipinski definition) is 6. The van der Waals surface area contributed by atoms with E-state index in [4.69, 9.17) is 18.6 Å². The number of piperidine rings is 1. The lowest BCUT2D eigenvalue weighted by Gasteiger charge is -2.38. The first-order valence-corrected chi connectivity index (χ1v) is 11.1. The highest BCUT2D eigenvalue weighted by atomic mass is 16.5. The highest BCUT2D eigenvalue weighted by Gasteiger charge is 2.31. The predicted molar refractivity (Wildman–Crippen MR) is 126 cm³/mol. The molecule has 1 aromatic heterocycles. The smallest absolute Gasteiger partial charge is 0.294 e. The largest absolute Gasteiger partial charge is 0.497 e. The van der Waals surface area contributed by atoms with E-state index in [2.05, 4.69) is 11.0 Å². The fourth-order valence-electron chi connectivity index (χ4n) is 4.43. The third-order valence-corrected chi connectivity index (χ3v) is 6.08. The van der Waals surface area contributed by atoms with E-state index in [1.54, 1.807) is 33.5 Å².